The first kappa shape index (κ1) is 18.4. The number of carbonyl (C=O) groups excluding carboxylic acids is 1. The molecule has 2 aromatic carbocycles. The number of para-hydroxylation sites is 3. The van der Waals surface area contributed by atoms with E-state index >= 15 is 0 Å². The molecule has 2 aliphatic rings. The molecule has 4 rings (SSSR count). The lowest BCUT2D eigenvalue weighted by molar-refractivity contribution is -0.115. The number of rotatable bonds is 6. The SMILES string of the molecule is C(OCC1CO1)C1CO1.CC(=O)N(c1ccccc1)c1ccccc1O. The lowest BCUT2D eigenvalue weighted by Gasteiger charge is -2.22. The fourth-order valence-corrected chi connectivity index (χ4v) is 2.38. The molecule has 2 saturated heterocycles. The minimum atomic E-state index is -0.141. The number of aromatic hydroxyl groups is 1. The van der Waals surface area contributed by atoms with Crippen molar-refractivity contribution < 1.29 is 24.1 Å². The molecule has 2 aromatic rings. The van der Waals surface area contributed by atoms with Gasteiger partial charge in [-0.3, -0.25) is 9.69 Å². The maximum atomic E-state index is 11.7. The predicted octanol–water partition coefficient (Wildman–Crippen LogP) is 2.88. The van der Waals surface area contributed by atoms with Gasteiger partial charge in [0.1, 0.15) is 18.0 Å². The molecule has 2 fully saturated rings. The second kappa shape index (κ2) is 8.80. The van der Waals surface area contributed by atoms with Gasteiger partial charge in [-0.1, -0.05) is 30.3 Å². The topological polar surface area (TPSA) is 74.8 Å². The normalized spacial score (nSPS) is 19.9. The van der Waals surface area contributed by atoms with Crippen molar-refractivity contribution >= 4 is 17.3 Å². The summed E-state index contributed by atoms with van der Waals surface area (Å²) in [7, 11) is 0. The van der Waals surface area contributed by atoms with Crippen LogP contribution < -0.4 is 4.90 Å². The van der Waals surface area contributed by atoms with Crippen LogP contribution in [0.15, 0.2) is 54.6 Å². The van der Waals surface area contributed by atoms with Gasteiger partial charge in [0.15, 0.2) is 0 Å². The van der Waals surface area contributed by atoms with Gasteiger partial charge in [0, 0.05) is 12.6 Å². The highest BCUT2D eigenvalue weighted by molar-refractivity contribution is 6.00. The molecular weight excluding hydrogens is 334 g/mol. The average Bonchev–Trinajstić information content (AvgIpc) is 3.54. The third-order valence-electron chi connectivity index (χ3n) is 3.86. The van der Waals surface area contributed by atoms with E-state index in [0.29, 0.717) is 17.9 Å². The first-order chi connectivity index (χ1) is 12.6. The maximum absolute atomic E-state index is 11.7. The summed E-state index contributed by atoms with van der Waals surface area (Å²) in [6.45, 7) is 4.73. The Morgan fingerprint density at radius 3 is 2.08 bits per heavy atom. The van der Waals surface area contributed by atoms with Crippen LogP contribution in [-0.4, -0.2) is 49.6 Å². The highest BCUT2D eigenvalue weighted by Gasteiger charge is 2.26. The second-order valence-corrected chi connectivity index (χ2v) is 6.13. The van der Waals surface area contributed by atoms with E-state index in [0.717, 1.165) is 32.1 Å². The van der Waals surface area contributed by atoms with E-state index in [1.54, 1.807) is 24.3 Å². The van der Waals surface area contributed by atoms with Crippen LogP contribution in [0.1, 0.15) is 6.92 Å². The molecule has 2 heterocycles. The van der Waals surface area contributed by atoms with Crippen molar-refractivity contribution in [2.75, 3.05) is 31.3 Å². The Balaban J connectivity index is 0.000000181. The van der Waals surface area contributed by atoms with Crippen molar-refractivity contribution in [1.82, 2.24) is 0 Å². The number of phenolic OH excluding ortho intramolecular Hbond substituents is 1. The Hall–Kier alpha value is -2.41. The van der Waals surface area contributed by atoms with Gasteiger partial charge in [-0.2, -0.15) is 0 Å². The van der Waals surface area contributed by atoms with Crippen LogP contribution in [0.4, 0.5) is 11.4 Å². The van der Waals surface area contributed by atoms with Crippen LogP contribution in [-0.2, 0) is 19.0 Å². The van der Waals surface area contributed by atoms with Crippen LogP contribution >= 0.6 is 0 Å². The van der Waals surface area contributed by atoms with E-state index in [1.807, 2.05) is 30.3 Å². The van der Waals surface area contributed by atoms with Gasteiger partial charge in [-0.15, -0.1) is 0 Å². The van der Waals surface area contributed by atoms with Gasteiger partial charge in [-0.05, 0) is 24.3 Å². The lowest BCUT2D eigenvalue weighted by Crippen LogP contribution is -2.22. The van der Waals surface area contributed by atoms with Crippen molar-refractivity contribution in [3.8, 4) is 5.75 Å². The number of benzene rings is 2. The Bertz CT molecular complexity index is 701. The summed E-state index contributed by atoms with van der Waals surface area (Å²) < 4.78 is 15.1. The van der Waals surface area contributed by atoms with Crippen molar-refractivity contribution in [3.63, 3.8) is 0 Å². The molecule has 0 radical (unpaired) electrons. The Morgan fingerprint density at radius 2 is 1.58 bits per heavy atom. The summed E-state index contributed by atoms with van der Waals surface area (Å²) >= 11 is 0. The Kier molecular flexibility index (Phi) is 6.22. The first-order valence-electron chi connectivity index (χ1n) is 8.60. The Labute approximate surface area is 152 Å². The number of amides is 1. The molecular formula is C20H23NO5. The van der Waals surface area contributed by atoms with Crippen LogP contribution in [0.2, 0.25) is 0 Å². The van der Waals surface area contributed by atoms with Crippen molar-refractivity contribution in [2.45, 2.75) is 19.1 Å². The summed E-state index contributed by atoms with van der Waals surface area (Å²) in [6.07, 6.45) is 0.785. The molecule has 26 heavy (non-hydrogen) atoms. The number of hydrogen-bond donors (Lipinski definition) is 1. The third kappa shape index (κ3) is 5.56. The lowest BCUT2D eigenvalue weighted by atomic mass is 10.2. The van der Waals surface area contributed by atoms with Crippen molar-refractivity contribution in [2.24, 2.45) is 0 Å². The molecule has 0 spiro atoms. The zero-order valence-corrected chi connectivity index (χ0v) is 14.7. The highest BCUT2D eigenvalue weighted by atomic mass is 16.6. The molecule has 2 unspecified atom stereocenters. The quantitative estimate of drug-likeness (QED) is 0.805. The summed E-state index contributed by atoms with van der Waals surface area (Å²) in [5, 5.41) is 9.80. The van der Waals surface area contributed by atoms with Crippen LogP contribution in [0.3, 0.4) is 0 Å². The third-order valence-corrected chi connectivity index (χ3v) is 3.86. The molecule has 0 aliphatic carbocycles. The Morgan fingerprint density at radius 1 is 1.04 bits per heavy atom. The fourth-order valence-electron chi connectivity index (χ4n) is 2.38. The molecule has 2 aliphatic heterocycles. The van der Waals surface area contributed by atoms with E-state index in [9.17, 15) is 9.90 Å². The van der Waals surface area contributed by atoms with E-state index in [4.69, 9.17) is 14.2 Å². The van der Waals surface area contributed by atoms with Crippen molar-refractivity contribution in [3.05, 3.63) is 54.6 Å². The number of carbonyl (C=O) groups is 1. The van der Waals surface area contributed by atoms with E-state index < -0.39 is 0 Å². The molecule has 6 heteroatoms. The monoisotopic (exact) mass is 357 g/mol. The van der Waals surface area contributed by atoms with Crippen molar-refractivity contribution in [1.29, 1.82) is 0 Å². The van der Waals surface area contributed by atoms with Crippen LogP contribution in [0.5, 0.6) is 5.75 Å². The molecule has 0 aromatic heterocycles. The predicted molar refractivity (Wildman–Crippen MR) is 97.7 cm³/mol. The fraction of sp³-hybridized carbons (Fsp3) is 0.350. The van der Waals surface area contributed by atoms with E-state index in [2.05, 4.69) is 0 Å². The molecule has 1 amide bonds. The second-order valence-electron chi connectivity index (χ2n) is 6.13. The maximum Gasteiger partial charge on any atom is 0.228 e. The number of epoxide rings is 2. The number of ether oxygens (including phenoxy) is 3. The minimum absolute atomic E-state index is 0.0894. The number of hydrogen-bond acceptors (Lipinski definition) is 5. The minimum Gasteiger partial charge on any atom is -0.506 e. The smallest absolute Gasteiger partial charge is 0.228 e. The highest BCUT2D eigenvalue weighted by Crippen LogP contribution is 2.32. The number of anilines is 2. The molecule has 138 valence electrons. The summed E-state index contributed by atoms with van der Waals surface area (Å²) in [5.41, 5.74) is 1.23. The molecule has 0 saturated carbocycles. The van der Waals surface area contributed by atoms with Gasteiger partial charge in [0.25, 0.3) is 0 Å². The van der Waals surface area contributed by atoms with E-state index in [-0.39, 0.29) is 11.7 Å². The largest absolute Gasteiger partial charge is 0.506 e. The van der Waals surface area contributed by atoms with Gasteiger partial charge in [0.2, 0.25) is 5.91 Å². The standard InChI is InChI=1S/C14H13NO2.C6H10O3/c1-11(16)15(12-7-3-2-4-8-12)13-9-5-6-10-14(13)17;1(5-3-8-5)7-2-6-4-9-6/h2-10,17H,1H3;5-6H,1-4H2. The van der Waals surface area contributed by atoms with Crippen LogP contribution in [0.25, 0.3) is 0 Å². The zero-order chi connectivity index (χ0) is 18.4. The summed E-state index contributed by atoms with van der Waals surface area (Å²) in [5.74, 6) is -0.0516. The average molecular weight is 357 g/mol. The van der Waals surface area contributed by atoms with Gasteiger partial charge in [0.05, 0.1) is 32.1 Å². The molecule has 2 atom stereocenters. The van der Waals surface area contributed by atoms with Crippen LogP contribution in [0, 0.1) is 0 Å². The molecule has 1 N–H and O–H groups in total. The first-order valence-corrected chi connectivity index (χ1v) is 8.60. The zero-order valence-electron chi connectivity index (χ0n) is 14.7. The number of phenols is 1. The summed E-state index contributed by atoms with van der Waals surface area (Å²) in [6, 6.07) is 16.0. The van der Waals surface area contributed by atoms with Gasteiger partial charge in [-0.25, -0.2) is 0 Å². The number of nitrogens with zero attached hydrogens (tertiary/aromatic N) is 1. The molecule has 0 bridgehead atoms. The van der Waals surface area contributed by atoms with E-state index in [1.165, 1.54) is 11.8 Å². The summed E-state index contributed by atoms with van der Waals surface area (Å²) in [4.78, 5) is 13.2. The van der Waals surface area contributed by atoms with Gasteiger partial charge >= 0.3 is 0 Å². The van der Waals surface area contributed by atoms with Gasteiger partial charge < -0.3 is 19.3 Å². The molecule has 6 nitrogen and oxygen atoms in total.